The Labute approximate surface area is 133 Å². The maximum absolute atomic E-state index is 12.2. The number of benzene rings is 3. The molecule has 3 aromatic carbocycles. The zero-order chi connectivity index (χ0) is 16.2. The van der Waals surface area contributed by atoms with Gasteiger partial charge < -0.3 is 10.8 Å². The lowest BCUT2D eigenvalue weighted by Crippen LogP contribution is -2.17. The highest BCUT2D eigenvalue weighted by atomic mass is 16.3. The first-order valence-corrected chi connectivity index (χ1v) is 7.05. The number of nitrogens with zero attached hydrogens (tertiary/aromatic N) is 1. The van der Waals surface area contributed by atoms with Gasteiger partial charge in [-0.25, -0.2) is 5.43 Å². The van der Waals surface area contributed by atoms with Crippen molar-refractivity contribution in [1.82, 2.24) is 5.43 Å². The molecule has 0 aliphatic heterocycles. The summed E-state index contributed by atoms with van der Waals surface area (Å²) in [5, 5.41) is 15.6. The Hall–Kier alpha value is -3.34. The molecule has 4 N–H and O–H groups in total. The van der Waals surface area contributed by atoms with Gasteiger partial charge >= 0.3 is 0 Å². The van der Waals surface area contributed by atoms with E-state index in [1.165, 1.54) is 6.21 Å². The number of anilines is 1. The van der Waals surface area contributed by atoms with Gasteiger partial charge in [-0.1, -0.05) is 42.5 Å². The number of aromatic hydroxyl groups is 1. The lowest BCUT2D eigenvalue weighted by atomic mass is 10.1. The Morgan fingerprint density at radius 1 is 1.04 bits per heavy atom. The number of phenolic OH excluding ortho intramolecular Hbond substituents is 1. The number of hydrazone groups is 1. The SMILES string of the molecule is Nc1ccccc1C=NNC(=O)c1cc2ccccc2cc1O. The lowest BCUT2D eigenvalue weighted by Gasteiger charge is -2.06. The molecule has 1 amide bonds. The number of nitrogens with one attached hydrogen (secondary N) is 1. The number of hydrogen-bond acceptors (Lipinski definition) is 4. The van der Waals surface area contributed by atoms with Gasteiger partial charge in [0.05, 0.1) is 11.8 Å². The number of para-hydroxylation sites is 1. The predicted octanol–water partition coefficient (Wildman–Crippen LogP) is 2.89. The number of carbonyl (C=O) groups is 1. The third-order valence-electron chi connectivity index (χ3n) is 3.47. The molecule has 3 aromatic rings. The minimum atomic E-state index is -0.487. The van der Waals surface area contributed by atoms with E-state index in [-0.39, 0.29) is 11.3 Å². The van der Waals surface area contributed by atoms with E-state index in [9.17, 15) is 9.90 Å². The normalized spacial score (nSPS) is 11.0. The third kappa shape index (κ3) is 3.13. The average molecular weight is 305 g/mol. The molecule has 0 saturated carbocycles. The molecule has 0 aliphatic rings. The van der Waals surface area contributed by atoms with Crippen molar-refractivity contribution in [1.29, 1.82) is 0 Å². The highest BCUT2D eigenvalue weighted by molar-refractivity contribution is 6.01. The van der Waals surface area contributed by atoms with Crippen LogP contribution in [0.25, 0.3) is 10.8 Å². The molecule has 114 valence electrons. The van der Waals surface area contributed by atoms with Crippen LogP contribution in [0.4, 0.5) is 5.69 Å². The van der Waals surface area contributed by atoms with Crippen molar-refractivity contribution in [3.05, 3.63) is 71.8 Å². The third-order valence-corrected chi connectivity index (χ3v) is 3.47. The smallest absolute Gasteiger partial charge is 0.275 e. The maximum Gasteiger partial charge on any atom is 0.275 e. The van der Waals surface area contributed by atoms with Gasteiger partial charge in [-0.15, -0.1) is 0 Å². The molecule has 0 fully saturated rings. The molecule has 0 radical (unpaired) electrons. The number of amides is 1. The zero-order valence-corrected chi connectivity index (χ0v) is 12.2. The molecule has 0 unspecified atom stereocenters. The van der Waals surface area contributed by atoms with E-state index in [0.717, 1.165) is 10.8 Å². The summed E-state index contributed by atoms with van der Waals surface area (Å²) in [7, 11) is 0. The van der Waals surface area contributed by atoms with Crippen LogP contribution < -0.4 is 11.2 Å². The van der Waals surface area contributed by atoms with E-state index in [1.807, 2.05) is 36.4 Å². The summed E-state index contributed by atoms with van der Waals surface area (Å²) in [5.41, 5.74) is 9.63. The van der Waals surface area contributed by atoms with Crippen LogP contribution in [-0.4, -0.2) is 17.2 Å². The highest BCUT2D eigenvalue weighted by Gasteiger charge is 2.11. The number of nitrogens with two attached hydrogens (primary N) is 1. The highest BCUT2D eigenvalue weighted by Crippen LogP contribution is 2.24. The van der Waals surface area contributed by atoms with E-state index in [0.29, 0.717) is 11.3 Å². The van der Waals surface area contributed by atoms with Crippen molar-refractivity contribution in [3.8, 4) is 5.75 Å². The molecule has 0 bridgehead atoms. The fourth-order valence-electron chi connectivity index (χ4n) is 2.26. The Bertz CT molecular complexity index is 904. The number of hydrogen-bond donors (Lipinski definition) is 3. The second-order valence-corrected chi connectivity index (χ2v) is 5.04. The quantitative estimate of drug-likeness (QED) is 0.395. The Morgan fingerprint density at radius 2 is 1.70 bits per heavy atom. The van der Waals surface area contributed by atoms with Gasteiger partial charge in [-0.05, 0) is 29.0 Å². The number of nitrogen functional groups attached to an aromatic ring is 1. The lowest BCUT2D eigenvalue weighted by molar-refractivity contribution is 0.0952. The van der Waals surface area contributed by atoms with E-state index >= 15 is 0 Å². The summed E-state index contributed by atoms with van der Waals surface area (Å²) >= 11 is 0. The minimum absolute atomic E-state index is 0.0874. The monoisotopic (exact) mass is 305 g/mol. The van der Waals surface area contributed by atoms with Gasteiger partial charge in [0.15, 0.2) is 0 Å². The molecule has 0 aliphatic carbocycles. The maximum atomic E-state index is 12.2. The summed E-state index contributed by atoms with van der Waals surface area (Å²) in [5.74, 6) is -0.574. The van der Waals surface area contributed by atoms with Crippen LogP contribution in [0.3, 0.4) is 0 Å². The van der Waals surface area contributed by atoms with Crippen LogP contribution in [0.1, 0.15) is 15.9 Å². The minimum Gasteiger partial charge on any atom is -0.507 e. The summed E-state index contributed by atoms with van der Waals surface area (Å²) in [4.78, 5) is 12.2. The Balaban J connectivity index is 1.81. The number of carbonyl (C=O) groups excluding carboxylic acids is 1. The molecule has 0 heterocycles. The topological polar surface area (TPSA) is 87.7 Å². The van der Waals surface area contributed by atoms with Crippen molar-refractivity contribution in [2.24, 2.45) is 5.10 Å². The van der Waals surface area contributed by atoms with Crippen LogP contribution >= 0.6 is 0 Å². The van der Waals surface area contributed by atoms with Crippen LogP contribution in [0.2, 0.25) is 0 Å². The number of phenols is 1. The van der Waals surface area contributed by atoms with Crippen LogP contribution in [0.15, 0.2) is 65.8 Å². The van der Waals surface area contributed by atoms with Gasteiger partial charge in [0.1, 0.15) is 5.75 Å². The second-order valence-electron chi connectivity index (χ2n) is 5.04. The number of rotatable bonds is 3. The van der Waals surface area contributed by atoms with Crippen molar-refractivity contribution in [2.75, 3.05) is 5.73 Å². The van der Waals surface area contributed by atoms with Gasteiger partial charge in [-0.2, -0.15) is 5.10 Å². The predicted molar refractivity (Wildman–Crippen MR) is 91.5 cm³/mol. The van der Waals surface area contributed by atoms with Gasteiger partial charge in [0, 0.05) is 11.3 Å². The molecule has 0 atom stereocenters. The van der Waals surface area contributed by atoms with Gasteiger partial charge in [0.2, 0.25) is 0 Å². The van der Waals surface area contributed by atoms with Gasteiger partial charge in [-0.3, -0.25) is 4.79 Å². The summed E-state index contributed by atoms with van der Waals surface area (Å²) < 4.78 is 0. The second kappa shape index (κ2) is 6.19. The molecular weight excluding hydrogens is 290 g/mol. The molecule has 0 spiro atoms. The zero-order valence-electron chi connectivity index (χ0n) is 12.2. The van der Waals surface area contributed by atoms with E-state index in [1.54, 1.807) is 24.3 Å². The first-order valence-electron chi connectivity index (χ1n) is 7.05. The van der Waals surface area contributed by atoms with Crippen molar-refractivity contribution < 1.29 is 9.90 Å². The fourth-order valence-corrected chi connectivity index (χ4v) is 2.26. The van der Waals surface area contributed by atoms with Gasteiger partial charge in [0.25, 0.3) is 5.91 Å². The molecule has 0 saturated heterocycles. The molecular formula is C18H15N3O2. The van der Waals surface area contributed by atoms with Crippen LogP contribution in [-0.2, 0) is 0 Å². The van der Waals surface area contributed by atoms with Crippen molar-refractivity contribution in [3.63, 3.8) is 0 Å². The molecule has 5 heteroatoms. The summed E-state index contributed by atoms with van der Waals surface area (Å²) in [6.45, 7) is 0. The largest absolute Gasteiger partial charge is 0.507 e. The molecule has 5 nitrogen and oxygen atoms in total. The summed E-state index contributed by atoms with van der Waals surface area (Å²) in [6, 6.07) is 17.9. The van der Waals surface area contributed by atoms with Crippen molar-refractivity contribution in [2.45, 2.75) is 0 Å². The Kier molecular flexibility index (Phi) is 3.93. The van der Waals surface area contributed by atoms with Crippen molar-refractivity contribution >= 4 is 28.6 Å². The summed E-state index contributed by atoms with van der Waals surface area (Å²) in [6.07, 6.45) is 1.46. The van der Waals surface area contributed by atoms with Crippen LogP contribution in [0, 0.1) is 0 Å². The van der Waals surface area contributed by atoms with E-state index in [2.05, 4.69) is 10.5 Å². The van der Waals surface area contributed by atoms with Crippen LogP contribution in [0.5, 0.6) is 5.75 Å². The molecule has 3 rings (SSSR count). The number of fused-ring (bicyclic) bond motifs is 1. The first-order chi connectivity index (χ1) is 11.1. The average Bonchev–Trinajstić information content (AvgIpc) is 2.56. The molecule has 0 aromatic heterocycles. The van der Waals surface area contributed by atoms with E-state index < -0.39 is 5.91 Å². The standard InChI is InChI=1S/C18H15N3O2/c19-16-8-4-3-7-14(16)11-20-21-18(23)15-9-12-5-1-2-6-13(12)10-17(15)22/h1-11,22H,19H2,(H,21,23). The Morgan fingerprint density at radius 3 is 2.43 bits per heavy atom. The first kappa shape index (κ1) is 14.6. The fraction of sp³-hybridized carbons (Fsp3) is 0. The van der Waals surface area contributed by atoms with E-state index in [4.69, 9.17) is 5.73 Å². The molecule has 23 heavy (non-hydrogen) atoms.